The standard InChI is InChI=1S/C28H30N2O3/c1-32-24-17-15-23(16-18-24)25(26-11-3-4-13-27(26)33-2)12-7-14-28(31)30-20-6-5-9-22-10-8-19-29-21-22/h3-4,7-8,10-19,21H,5-6,9,20H2,1-2H3,(H,30,31)/b14-7+,25-12-. The normalized spacial score (nSPS) is 11.4. The number of rotatable bonds is 11. The molecule has 0 unspecified atom stereocenters. The Morgan fingerprint density at radius 3 is 2.52 bits per heavy atom. The quantitative estimate of drug-likeness (QED) is 0.251. The number of hydrogen-bond acceptors (Lipinski definition) is 4. The Hall–Kier alpha value is -3.86. The summed E-state index contributed by atoms with van der Waals surface area (Å²) in [4.78, 5) is 16.4. The maximum atomic E-state index is 12.3. The average molecular weight is 443 g/mol. The Morgan fingerprint density at radius 2 is 1.79 bits per heavy atom. The number of nitrogens with zero attached hydrogens (tertiary/aromatic N) is 1. The molecule has 0 saturated heterocycles. The van der Waals surface area contributed by atoms with Crippen LogP contribution in [0.25, 0.3) is 5.57 Å². The van der Waals surface area contributed by atoms with Gasteiger partial charge in [0, 0.05) is 30.6 Å². The second-order valence-corrected chi connectivity index (χ2v) is 7.48. The van der Waals surface area contributed by atoms with E-state index in [9.17, 15) is 4.79 Å². The van der Waals surface area contributed by atoms with Crippen LogP contribution in [0.4, 0.5) is 0 Å². The summed E-state index contributed by atoms with van der Waals surface area (Å²) in [6.07, 6.45) is 11.8. The average Bonchev–Trinajstić information content (AvgIpc) is 2.87. The van der Waals surface area contributed by atoms with E-state index in [1.807, 2.05) is 66.9 Å². The summed E-state index contributed by atoms with van der Waals surface area (Å²) in [5.41, 5.74) is 4.12. The molecule has 3 rings (SSSR count). The van der Waals surface area contributed by atoms with Crippen molar-refractivity contribution in [3.05, 3.63) is 108 Å². The van der Waals surface area contributed by atoms with E-state index in [1.165, 1.54) is 5.56 Å². The van der Waals surface area contributed by atoms with Crippen molar-refractivity contribution in [1.29, 1.82) is 0 Å². The molecule has 0 bridgehead atoms. The Balaban J connectivity index is 1.63. The second kappa shape index (κ2) is 12.9. The lowest BCUT2D eigenvalue weighted by molar-refractivity contribution is -0.116. The number of allylic oxidation sites excluding steroid dienone is 2. The summed E-state index contributed by atoms with van der Waals surface area (Å²) >= 11 is 0. The number of carbonyl (C=O) groups is 1. The Morgan fingerprint density at radius 1 is 0.970 bits per heavy atom. The van der Waals surface area contributed by atoms with Crippen molar-refractivity contribution in [2.75, 3.05) is 20.8 Å². The number of ether oxygens (including phenoxy) is 2. The highest BCUT2D eigenvalue weighted by Crippen LogP contribution is 2.31. The van der Waals surface area contributed by atoms with Crippen molar-refractivity contribution in [3.63, 3.8) is 0 Å². The van der Waals surface area contributed by atoms with Crippen LogP contribution in [0, 0.1) is 0 Å². The third-order valence-corrected chi connectivity index (χ3v) is 5.22. The highest BCUT2D eigenvalue weighted by molar-refractivity contribution is 5.89. The largest absolute Gasteiger partial charge is 0.497 e. The van der Waals surface area contributed by atoms with E-state index >= 15 is 0 Å². The molecule has 0 radical (unpaired) electrons. The van der Waals surface area contributed by atoms with Crippen molar-refractivity contribution >= 4 is 11.5 Å². The van der Waals surface area contributed by atoms with E-state index in [2.05, 4.69) is 16.4 Å². The van der Waals surface area contributed by atoms with Crippen LogP contribution >= 0.6 is 0 Å². The maximum absolute atomic E-state index is 12.3. The molecule has 1 aromatic heterocycles. The Bertz CT molecular complexity index is 1070. The van der Waals surface area contributed by atoms with Gasteiger partial charge in [-0.15, -0.1) is 0 Å². The molecule has 0 fully saturated rings. The van der Waals surface area contributed by atoms with Crippen molar-refractivity contribution in [1.82, 2.24) is 10.3 Å². The minimum atomic E-state index is -0.110. The van der Waals surface area contributed by atoms with E-state index in [0.717, 1.165) is 47.5 Å². The Labute approximate surface area is 195 Å². The zero-order valence-electron chi connectivity index (χ0n) is 19.2. The fourth-order valence-electron chi connectivity index (χ4n) is 3.48. The SMILES string of the molecule is COc1ccc(/C(=C/C=C/C(=O)NCCCCc2cccnc2)c2ccccc2OC)cc1. The molecular weight excluding hydrogens is 412 g/mol. The third-order valence-electron chi connectivity index (χ3n) is 5.22. The van der Waals surface area contributed by atoms with Gasteiger partial charge >= 0.3 is 0 Å². The van der Waals surface area contributed by atoms with Crippen molar-refractivity contribution in [2.24, 2.45) is 0 Å². The fraction of sp³-hybridized carbons (Fsp3) is 0.214. The first-order valence-electron chi connectivity index (χ1n) is 11.0. The van der Waals surface area contributed by atoms with Gasteiger partial charge in [-0.1, -0.05) is 48.6 Å². The number of nitrogens with one attached hydrogen (secondary N) is 1. The van der Waals surface area contributed by atoms with Gasteiger partial charge in [0.15, 0.2) is 0 Å². The second-order valence-electron chi connectivity index (χ2n) is 7.48. The maximum Gasteiger partial charge on any atom is 0.243 e. The number of para-hydroxylation sites is 1. The monoisotopic (exact) mass is 442 g/mol. The van der Waals surface area contributed by atoms with Crippen molar-refractivity contribution < 1.29 is 14.3 Å². The highest BCUT2D eigenvalue weighted by Gasteiger charge is 2.10. The first kappa shape index (κ1) is 23.8. The van der Waals surface area contributed by atoms with Crippen LogP contribution in [0.3, 0.4) is 0 Å². The number of amides is 1. The van der Waals surface area contributed by atoms with Crippen LogP contribution in [0.15, 0.2) is 91.3 Å². The molecule has 1 heterocycles. The number of hydrogen-bond donors (Lipinski definition) is 1. The van der Waals surface area contributed by atoms with E-state index < -0.39 is 0 Å². The molecule has 5 heteroatoms. The Kier molecular flexibility index (Phi) is 9.28. The number of aromatic nitrogens is 1. The molecule has 2 aromatic carbocycles. The fourth-order valence-corrected chi connectivity index (χ4v) is 3.48. The molecule has 0 spiro atoms. The summed E-state index contributed by atoms with van der Waals surface area (Å²) in [5, 5.41) is 2.95. The van der Waals surface area contributed by atoms with Crippen LogP contribution in [0.1, 0.15) is 29.5 Å². The number of benzene rings is 2. The van der Waals surface area contributed by atoms with Crippen LogP contribution in [0.2, 0.25) is 0 Å². The minimum Gasteiger partial charge on any atom is -0.497 e. The van der Waals surface area contributed by atoms with Crippen LogP contribution in [0.5, 0.6) is 11.5 Å². The van der Waals surface area contributed by atoms with Gasteiger partial charge in [-0.3, -0.25) is 9.78 Å². The van der Waals surface area contributed by atoms with E-state index in [-0.39, 0.29) is 5.91 Å². The molecule has 5 nitrogen and oxygen atoms in total. The minimum absolute atomic E-state index is 0.110. The smallest absolute Gasteiger partial charge is 0.243 e. The van der Waals surface area contributed by atoms with Gasteiger partial charge in [-0.2, -0.15) is 0 Å². The molecule has 0 aliphatic rings. The van der Waals surface area contributed by atoms with Gasteiger partial charge in [0.05, 0.1) is 14.2 Å². The van der Waals surface area contributed by atoms with Gasteiger partial charge in [0.1, 0.15) is 11.5 Å². The first-order valence-corrected chi connectivity index (χ1v) is 11.0. The molecule has 1 amide bonds. The number of carbonyl (C=O) groups excluding carboxylic acids is 1. The predicted octanol–water partition coefficient (Wildman–Crippen LogP) is 5.23. The van der Waals surface area contributed by atoms with Gasteiger partial charge < -0.3 is 14.8 Å². The topological polar surface area (TPSA) is 60.5 Å². The van der Waals surface area contributed by atoms with Crippen LogP contribution < -0.4 is 14.8 Å². The van der Waals surface area contributed by atoms with Gasteiger partial charge in [0.2, 0.25) is 5.91 Å². The lowest BCUT2D eigenvalue weighted by Crippen LogP contribution is -2.22. The molecule has 33 heavy (non-hydrogen) atoms. The lowest BCUT2D eigenvalue weighted by Gasteiger charge is -2.13. The summed E-state index contributed by atoms with van der Waals surface area (Å²) < 4.78 is 10.8. The van der Waals surface area contributed by atoms with E-state index in [1.54, 1.807) is 32.6 Å². The lowest BCUT2D eigenvalue weighted by atomic mass is 9.96. The predicted molar refractivity (Wildman–Crippen MR) is 132 cm³/mol. The molecule has 0 atom stereocenters. The third kappa shape index (κ3) is 7.35. The summed E-state index contributed by atoms with van der Waals surface area (Å²) in [7, 11) is 3.30. The summed E-state index contributed by atoms with van der Waals surface area (Å²) in [6.45, 7) is 0.644. The van der Waals surface area contributed by atoms with Gasteiger partial charge in [-0.25, -0.2) is 0 Å². The molecule has 170 valence electrons. The zero-order chi connectivity index (χ0) is 23.3. The van der Waals surface area contributed by atoms with Crippen LogP contribution in [-0.4, -0.2) is 31.7 Å². The summed E-state index contributed by atoms with van der Waals surface area (Å²) in [5.74, 6) is 1.45. The van der Waals surface area contributed by atoms with Crippen molar-refractivity contribution in [2.45, 2.75) is 19.3 Å². The van der Waals surface area contributed by atoms with Gasteiger partial charge in [0.25, 0.3) is 0 Å². The molecule has 0 aliphatic heterocycles. The molecular formula is C28H30N2O3. The van der Waals surface area contributed by atoms with Gasteiger partial charge in [-0.05, 0) is 60.2 Å². The number of aryl methyl sites for hydroxylation is 1. The van der Waals surface area contributed by atoms with E-state index in [0.29, 0.717) is 6.54 Å². The molecule has 1 N–H and O–H groups in total. The number of pyridine rings is 1. The van der Waals surface area contributed by atoms with E-state index in [4.69, 9.17) is 9.47 Å². The van der Waals surface area contributed by atoms with Crippen LogP contribution in [-0.2, 0) is 11.2 Å². The summed E-state index contributed by atoms with van der Waals surface area (Å²) in [6, 6.07) is 19.7. The zero-order valence-corrected chi connectivity index (χ0v) is 19.2. The first-order chi connectivity index (χ1) is 16.2. The van der Waals surface area contributed by atoms with Crippen molar-refractivity contribution in [3.8, 4) is 11.5 Å². The molecule has 0 aliphatic carbocycles. The number of unbranched alkanes of at least 4 members (excludes halogenated alkanes) is 1. The molecule has 3 aromatic rings. The number of methoxy groups -OCH3 is 2. The molecule has 0 saturated carbocycles. The highest BCUT2D eigenvalue weighted by atomic mass is 16.5.